The zero-order valence-corrected chi connectivity index (χ0v) is 9.47. The summed E-state index contributed by atoms with van der Waals surface area (Å²) < 4.78 is 5.14. The van der Waals surface area contributed by atoms with Crippen LogP contribution in [0.25, 0.3) is 0 Å². The lowest BCUT2D eigenvalue weighted by Crippen LogP contribution is -2.44. The minimum Gasteiger partial charge on any atom is -0.379 e. The van der Waals surface area contributed by atoms with E-state index in [1.165, 1.54) is 0 Å². The van der Waals surface area contributed by atoms with Crippen LogP contribution in [0.1, 0.15) is 6.92 Å². The summed E-state index contributed by atoms with van der Waals surface area (Å²) in [7, 11) is 0. The second kappa shape index (κ2) is 5.58. The number of thioether (sulfide) groups is 1. The summed E-state index contributed by atoms with van der Waals surface area (Å²) in [5.41, 5.74) is 5.74. The first-order chi connectivity index (χ1) is 6.65. The molecule has 0 aromatic rings. The molecule has 14 heavy (non-hydrogen) atoms. The molecule has 1 saturated heterocycles. The molecule has 1 heterocycles. The number of nitrogens with two attached hydrogens (primary N) is 1. The molecule has 1 aliphatic heterocycles. The van der Waals surface area contributed by atoms with E-state index in [0.29, 0.717) is 13.2 Å². The fourth-order valence-corrected chi connectivity index (χ4v) is 2.07. The van der Waals surface area contributed by atoms with Gasteiger partial charge in [-0.3, -0.25) is 4.79 Å². The Morgan fingerprint density at radius 1 is 1.71 bits per heavy atom. The predicted octanol–water partition coefficient (Wildman–Crippen LogP) is -0.172. The topological polar surface area (TPSA) is 64.3 Å². The molecule has 0 radical (unpaired) electrons. The SMILES string of the molecule is CSCC(C)NC(=O)C1COCC1N. The second-order valence-corrected chi connectivity index (χ2v) is 4.58. The monoisotopic (exact) mass is 218 g/mol. The van der Waals surface area contributed by atoms with E-state index < -0.39 is 0 Å². The van der Waals surface area contributed by atoms with Crippen molar-refractivity contribution in [1.82, 2.24) is 5.32 Å². The molecule has 1 aliphatic rings. The van der Waals surface area contributed by atoms with Crippen molar-refractivity contribution >= 4 is 17.7 Å². The van der Waals surface area contributed by atoms with E-state index >= 15 is 0 Å². The maximum absolute atomic E-state index is 11.7. The summed E-state index contributed by atoms with van der Waals surface area (Å²) in [5.74, 6) is 0.782. The molecular formula is C9H18N2O2S. The first kappa shape index (κ1) is 11.8. The number of nitrogens with one attached hydrogen (secondary N) is 1. The van der Waals surface area contributed by atoms with Gasteiger partial charge in [-0.1, -0.05) is 0 Å². The van der Waals surface area contributed by atoms with Crippen LogP contribution in [0, 0.1) is 5.92 Å². The largest absolute Gasteiger partial charge is 0.379 e. The molecule has 5 heteroatoms. The average Bonchev–Trinajstić information content (AvgIpc) is 2.51. The van der Waals surface area contributed by atoms with E-state index in [0.717, 1.165) is 5.75 Å². The number of rotatable bonds is 4. The highest BCUT2D eigenvalue weighted by atomic mass is 32.2. The summed E-state index contributed by atoms with van der Waals surface area (Å²) in [4.78, 5) is 11.7. The number of hydrogen-bond donors (Lipinski definition) is 2. The van der Waals surface area contributed by atoms with Gasteiger partial charge in [-0.2, -0.15) is 11.8 Å². The van der Waals surface area contributed by atoms with Gasteiger partial charge in [0.15, 0.2) is 0 Å². The molecule has 0 aromatic heterocycles. The molecule has 82 valence electrons. The molecule has 0 spiro atoms. The third-order valence-electron chi connectivity index (χ3n) is 2.27. The van der Waals surface area contributed by atoms with Crippen molar-refractivity contribution in [2.75, 3.05) is 25.2 Å². The summed E-state index contributed by atoms with van der Waals surface area (Å²) >= 11 is 1.72. The van der Waals surface area contributed by atoms with Gasteiger partial charge in [0.05, 0.1) is 19.1 Å². The Hall–Kier alpha value is -0.260. The van der Waals surface area contributed by atoms with Gasteiger partial charge in [-0.15, -0.1) is 0 Å². The van der Waals surface area contributed by atoms with Crippen LogP contribution in [-0.2, 0) is 9.53 Å². The first-order valence-electron chi connectivity index (χ1n) is 4.77. The first-order valence-corrected chi connectivity index (χ1v) is 6.17. The van der Waals surface area contributed by atoms with Crippen LogP contribution in [0.2, 0.25) is 0 Å². The fraction of sp³-hybridized carbons (Fsp3) is 0.889. The number of ether oxygens (including phenoxy) is 1. The van der Waals surface area contributed by atoms with Crippen molar-refractivity contribution in [3.8, 4) is 0 Å². The molecule has 0 aromatic carbocycles. The number of hydrogen-bond acceptors (Lipinski definition) is 4. The molecule has 4 nitrogen and oxygen atoms in total. The third-order valence-corrected chi connectivity index (χ3v) is 3.10. The molecule has 0 saturated carbocycles. The van der Waals surface area contributed by atoms with E-state index in [1.807, 2.05) is 13.2 Å². The van der Waals surface area contributed by atoms with E-state index in [1.54, 1.807) is 11.8 Å². The molecule has 1 amide bonds. The van der Waals surface area contributed by atoms with Gasteiger partial charge in [0.2, 0.25) is 5.91 Å². The highest BCUT2D eigenvalue weighted by Crippen LogP contribution is 2.12. The fourth-order valence-electron chi connectivity index (χ4n) is 1.48. The Bertz CT molecular complexity index is 201. The maximum Gasteiger partial charge on any atom is 0.227 e. The zero-order valence-electron chi connectivity index (χ0n) is 8.66. The van der Waals surface area contributed by atoms with E-state index in [4.69, 9.17) is 10.5 Å². The highest BCUT2D eigenvalue weighted by molar-refractivity contribution is 7.98. The van der Waals surface area contributed by atoms with Crippen LogP contribution >= 0.6 is 11.8 Å². The van der Waals surface area contributed by atoms with Crippen molar-refractivity contribution < 1.29 is 9.53 Å². The quantitative estimate of drug-likeness (QED) is 0.687. The Morgan fingerprint density at radius 2 is 2.43 bits per heavy atom. The molecular weight excluding hydrogens is 200 g/mol. The van der Waals surface area contributed by atoms with Gasteiger partial charge in [0.25, 0.3) is 0 Å². The van der Waals surface area contributed by atoms with Crippen molar-refractivity contribution in [2.24, 2.45) is 11.7 Å². The Morgan fingerprint density at radius 3 is 2.93 bits per heavy atom. The Balaban J connectivity index is 2.33. The highest BCUT2D eigenvalue weighted by Gasteiger charge is 2.31. The average molecular weight is 218 g/mol. The lowest BCUT2D eigenvalue weighted by atomic mass is 10.0. The van der Waals surface area contributed by atoms with Crippen molar-refractivity contribution in [3.63, 3.8) is 0 Å². The van der Waals surface area contributed by atoms with Crippen molar-refractivity contribution in [1.29, 1.82) is 0 Å². The summed E-state index contributed by atoms with van der Waals surface area (Å²) in [6.45, 7) is 2.95. The molecule has 1 rings (SSSR count). The van der Waals surface area contributed by atoms with Gasteiger partial charge >= 0.3 is 0 Å². The van der Waals surface area contributed by atoms with E-state index in [2.05, 4.69) is 5.32 Å². The molecule has 0 bridgehead atoms. The molecule has 3 unspecified atom stereocenters. The van der Waals surface area contributed by atoms with Gasteiger partial charge in [0, 0.05) is 17.8 Å². The Kier molecular flexibility index (Phi) is 4.71. The normalized spacial score (nSPS) is 28.8. The standard InChI is InChI=1S/C9H18N2O2S/c1-6(5-14-2)11-9(12)7-3-13-4-8(7)10/h6-8H,3-5,10H2,1-2H3,(H,11,12). The summed E-state index contributed by atoms with van der Waals surface area (Å²) in [6.07, 6.45) is 2.02. The lowest BCUT2D eigenvalue weighted by Gasteiger charge is -2.17. The van der Waals surface area contributed by atoms with Crippen molar-refractivity contribution in [3.05, 3.63) is 0 Å². The van der Waals surface area contributed by atoms with Gasteiger partial charge in [-0.25, -0.2) is 0 Å². The maximum atomic E-state index is 11.7. The van der Waals surface area contributed by atoms with Crippen molar-refractivity contribution in [2.45, 2.75) is 19.0 Å². The minimum atomic E-state index is -0.167. The van der Waals surface area contributed by atoms with Gasteiger partial charge in [0.1, 0.15) is 0 Å². The van der Waals surface area contributed by atoms with E-state index in [-0.39, 0.29) is 23.9 Å². The van der Waals surface area contributed by atoms with Crippen LogP contribution in [0.15, 0.2) is 0 Å². The number of carbonyl (C=O) groups excluding carboxylic acids is 1. The summed E-state index contributed by atoms with van der Waals surface area (Å²) in [6, 6.07) is 0.0572. The zero-order chi connectivity index (χ0) is 10.6. The van der Waals surface area contributed by atoms with Crippen LogP contribution < -0.4 is 11.1 Å². The van der Waals surface area contributed by atoms with Gasteiger partial charge < -0.3 is 15.8 Å². The number of amides is 1. The predicted molar refractivity (Wildman–Crippen MR) is 58.3 cm³/mol. The number of carbonyl (C=O) groups is 1. The molecule has 0 aliphatic carbocycles. The van der Waals surface area contributed by atoms with E-state index in [9.17, 15) is 4.79 Å². The smallest absolute Gasteiger partial charge is 0.227 e. The third kappa shape index (κ3) is 3.15. The second-order valence-electron chi connectivity index (χ2n) is 3.67. The molecule has 3 N–H and O–H groups in total. The lowest BCUT2D eigenvalue weighted by molar-refractivity contribution is -0.125. The van der Waals surface area contributed by atoms with Crippen LogP contribution in [0.3, 0.4) is 0 Å². The Labute approximate surface area is 88.9 Å². The van der Waals surface area contributed by atoms with Gasteiger partial charge in [-0.05, 0) is 13.2 Å². The minimum absolute atomic E-state index is 0.0246. The van der Waals surface area contributed by atoms with Crippen LogP contribution in [0.4, 0.5) is 0 Å². The summed E-state index contributed by atoms with van der Waals surface area (Å²) in [5, 5.41) is 2.93. The van der Waals surface area contributed by atoms with Crippen LogP contribution in [-0.4, -0.2) is 43.2 Å². The van der Waals surface area contributed by atoms with Crippen LogP contribution in [0.5, 0.6) is 0 Å². The molecule has 1 fully saturated rings. The molecule has 3 atom stereocenters.